The Balaban J connectivity index is 1.45. The first-order valence-electron chi connectivity index (χ1n) is 10.0. The third-order valence-corrected chi connectivity index (χ3v) is 5.48. The molecule has 4 rings (SSSR count). The molecular weight excluding hydrogens is 362 g/mol. The molecular formula is C24H25N3O2. The number of aromatic nitrogens is 1. The normalized spacial score (nSPS) is 14.8. The van der Waals surface area contributed by atoms with Crippen molar-refractivity contribution in [1.82, 2.24) is 15.2 Å². The van der Waals surface area contributed by atoms with E-state index in [-0.39, 0.29) is 17.9 Å². The molecule has 0 saturated carbocycles. The average molecular weight is 387 g/mol. The van der Waals surface area contributed by atoms with Crippen LogP contribution >= 0.6 is 0 Å². The summed E-state index contributed by atoms with van der Waals surface area (Å²) in [5.41, 5.74) is 4.18. The molecule has 0 unspecified atom stereocenters. The molecule has 0 bridgehead atoms. The Hall–Kier alpha value is -3.21. The van der Waals surface area contributed by atoms with E-state index in [1.807, 2.05) is 73.3 Å². The van der Waals surface area contributed by atoms with Gasteiger partial charge >= 0.3 is 0 Å². The zero-order valence-corrected chi connectivity index (χ0v) is 16.8. The lowest BCUT2D eigenvalue weighted by atomic mass is 10.0. The second kappa shape index (κ2) is 8.03. The van der Waals surface area contributed by atoms with Crippen molar-refractivity contribution < 1.29 is 9.59 Å². The molecule has 1 aliphatic rings. The van der Waals surface area contributed by atoms with Gasteiger partial charge in [0.1, 0.15) is 0 Å². The summed E-state index contributed by atoms with van der Waals surface area (Å²) in [7, 11) is 0. The van der Waals surface area contributed by atoms with E-state index in [2.05, 4.69) is 10.3 Å². The van der Waals surface area contributed by atoms with Crippen molar-refractivity contribution in [2.75, 3.05) is 13.1 Å². The number of nitrogens with one attached hydrogen (secondary N) is 1. The second-order valence-electron chi connectivity index (χ2n) is 7.74. The van der Waals surface area contributed by atoms with Crippen LogP contribution in [0.25, 0.3) is 10.9 Å². The maximum atomic E-state index is 13.2. The fourth-order valence-corrected chi connectivity index (χ4v) is 3.90. The molecule has 2 heterocycles. The summed E-state index contributed by atoms with van der Waals surface area (Å²) in [6.45, 7) is 5.20. The second-order valence-corrected chi connectivity index (χ2v) is 7.74. The minimum atomic E-state index is -0.0541. The van der Waals surface area contributed by atoms with E-state index in [0.29, 0.717) is 24.2 Å². The zero-order valence-electron chi connectivity index (χ0n) is 16.8. The molecule has 1 fully saturated rings. The Bertz CT molecular complexity index is 1050. The number of hydrogen-bond donors (Lipinski definition) is 1. The van der Waals surface area contributed by atoms with Gasteiger partial charge in [0.25, 0.3) is 11.8 Å². The number of carbonyl (C=O) groups is 2. The molecule has 1 aliphatic heterocycles. The van der Waals surface area contributed by atoms with Crippen molar-refractivity contribution in [2.45, 2.75) is 32.7 Å². The van der Waals surface area contributed by atoms with E-state index in [1.54, 1.807) is 0 Å². The highest BCUT2D eigenvalue weighted by Crippen LogP contribution is 2.23. The number of benzene rings is 2. The van der Waals surface area contributed by atoms with Gasteiger partial charge in [0, 0.05) is 35.8 Å². The lowest BCUT2D eigenvalue weighted by molar-refractivity contribution is 0.0700. The fourth-order valence-electron chi connectivity index (χ4n) is 3.90. The van der Waals surface area contributed by atoms with Gasteiger partial charge in [0.2, 0.25) is 0 Å². The highest BCUT2D eigenvalue weighted by Gasteiger charge is 2.26. The number of rotatable bonds is 3. The first kappa shape index (κ1) is 19.1. The van der Waals surface area contributed by atoms with Crippen LogP contribution in [0.1, 0.15) is 44.8 Å². The fraction of sp³-hybridized carbons (Fsp3) is 0.292. The smallest absolute Gasteiger partial charge is 0.254 e. The highest BCUT2D eigenvalue weighted by atomic mass is 16.2. The van der Waals surface area contributed by atoms with Crippen LogP contribution in [-0.4, -0.2) is 40.8 Å². The van der Waals surface area contributed by atoms with Gasteiger partial charge in [0.15, 0.2) is 0 Å². The van der Waals surface area contributed by atoms with Gasteiger partial charge in [-0.3, -0.25) is 14.6 Å². The summed E-state index contributed by atoms with van der Waals surface area (Å²) in [6, 6.07) is 17.2. The summed E-state index contributed by atoms with van der Waals surface area (Å²) in [6.07, 6.45) is 1.51. The molecule has 1 saturated heterocycles. The van der Waals surface area contributed by atoms with E-state index in [9.17, 15) is 9.59 Å². The monoisotopic (exact) mass is 387 g/mol. The summed E-state index contributed by atoms with van der Waals surface area (Å²) in [4.78, 5) is 32.1. The molecule has 0 radical (unpaired) electrons. The number of fused-ring (bicyclic) bond motifs is 1. The Morgan fingerprint density at radius 1 is 1.00 bits per heavy atom. The summed E-state index contributed by atoms with van der Waals surface area (Å²) in [5, 5.41) is 4.00. The van der Waals surface area contributed by atoms with Crippen molar-refractivity contribution in [3.63, 3.8) is 0 Å². The number of pyridine rings is 1. The van der Waals surface area contributed by atoms with Gasteiger partial charge in [-0.2, -0.15) is 0 Å². The van der Waals surface area contributed by atoms with E-state index in [0.717, 1.165) is 35.0 Å². The van der Waals surface area contributed by atoms with Crippen LogP contribution in [0, 0.1) is 13.8 Å². The van der Waals surface area contributed by atoms with Crippen LogP contribution in [0.15, 0.2) is 54.6 Å². The largest absolute Gasteiger partial charge is 0.349 e. The first-order chi connectivity index (χ1) is 14.0. The van der Waals surface area contributed by atoms with Crippen molar-refractivity contribution in [1.29, 1.82) is 0 Å². The number of likely N-dealkylation sites (tertiary alicyclic amines) is 1. The summed E-state index contributed by atoms with van der Waals surface area (Å²) in [5.74, 6) is -0.0134. The molecule has 1 N–H and O–H groups in total. The molecule has 148 valence electrons. The Morgan fingerprint density at radius 3 is 2.45 bits per heavy atom. The van der Waals surface area contributed by atoms with Gasteiger partial charge in [-0.25, -0.2) is 0 Å². The molecule has 3 aromatic rings. The van der Waals surface area contributed by atoms with Crippen molar-refractivity contribution in [3.8, 4) is 0 Å². The van der Waals surface area contributed by atoms with Crippen LogP contribution in [-0.2, 0) is 0 Å². The minimum Gasteiger partial charge on any atom is -0.349 e. The molecule has 2 amide bonds. The summed E-state index contributed by atoms with van der Waals surface area (Å²) >= 11 is 0. The Labute approximate surface area is 170 Å². The Kier molecular flexibility index (Phi) is 5.30. The quantitative estimate of drug-likeness (QED) is 0.742. The first-order valence-corrected chi connectivity index (χ1v) is 10.0. The zero-order chi connectivity index (χ0) is 20.4. The SMILES string of the molecule is Cc1ccc2nc(C)cc(C(=O)N3CCC(NC(=O)c4ccccc4)CC3)c2c1. The van der Waals surface area contributed by atoms with E-state index < -0.39 is 0 Å². The maximum absolute atomic E-state index is 13.2. The maximum Gasteiger partial charge on any atom is 0.254 e. The van der Waals surface area contributed by atoms with E-state index in [4.69, 9.17) is 0 Å². The number of piperidine rings is 1. The molecule has 0 atom stereocenters. The molecule has 2 aromatic carbocycles. The van der Waals surface area contributed by atoms with Crippen molar-refractivity contribution >= 4 is 22.7 Å². The summed E-state index contributed by atoms with van der Waals surface area (Å²) < 4.78 is 0. The van der Waals surface area contributed by atoms with Gasteiger partial charge < -0.3 is 10.2 Å². The van der Waals surface area contributed by atoms with Gasteiger partial charge in [-0.1, -0.05) is 29.8 Å². The number of carbonyl (C=O) groups excluding carboxylic acids is 2. The molecule has 29 heavy (non-hydrogen) atoms. The Morgan fingerprint density at radius 2 is 1.72 bits per heavy atom. The van der Waals surface area contributed by atoms with Gasteiger partial charge in [-0.15, -0.1) is 0 Å². The number of aryl methyl sites for hydroxylation is 2. The van der Waals surface area contributed by atoms with E-state index >= 15 is 0 Å². The van der Waals surface area contributed by atoms with Gasteiger partial charge in [0.05, 0.1) is 11.1 Å². The average Bonchev–Trinajstić information content (AvgIpc) is 2.74. The van der Waals surface area contributed by atoms with Crippen LogP contribution in [0.2, 0.25) is 0 Å². The predicted octanol–water partition coefficient (Wildman–Crippen LogP) is 3.89. The van der Waals surface area contributed by atoms with Crippen molar-refractivity contribution in [3.05, 3.63) is 77.0 Å². The topological polar surface area (TPSA) is 62.3 Å². The highest BCUT2D eigenvalue weighted by molar-refractivity contribution is 6.06. The number of amides is 2. The molecule has 5 heteroatoms. The number of nitrogens with zero attached hydrogens (tertiary/aromatic N) is 2. The van der Waals surface area contributed by atoms with Crippen LogP contribution < -0.4 is 5.32 Å². The molecule has 0 aliphatic carbocycles. The minimum absolute atomic E-state index is 0.0407. The lowest BCUT2D eigenvalue weighted by Gasteiger charge is -2.32. The lowest BCUT2D eigenvalue weighted by Crippen LogP contribution is -2.46. The molecule has 5 nitrogen and oxygen atoms in total. The third kappa shape index (κ3) is 4.14. The van der Waals surface area contributed by atoms with Crippen LogP contribution in [0.5, 0.6) is 0 Å². The third-order valence-electron chi connectivity index (χ3n) is 5.48. The molecule has 1 aromatic heterocycles. The van der Waals surface area contributed by atoms with Gasteiger partial charge in [-0.05, 0) is 57.0 Å². The van der Waals surface area contributed by atoms with Crippen LogP contribution in [0.3, 0.4) is 0 Å². The van der Waals surface area contributed by atoms with Crippen molar-refractivity contribution in [2.24, 2.45) is 0 Å². The predicted molar refractivity (Wildman–Crippen MR) is 114 cm³/mol. The number of hydrogen-bond acceptors (Lipinski definition) is 3. The van der Waals surface area contributed by atoms with Crippen LogP contribution in [0.4, 0.5) is 0 Å². The van der Waals surface area contributed by atoms with E-state index in [1.165, 1.54) is 0 Å². The molecule has 0 spiro atoms. The standard InChI is InChI=1S/C24H25N3O2/c1-16-8-9-22-20(14-16)21(15-17(2)25-22)24(29)27-12-10-19(11-13-27)26-23(28)18-6-4-3-5-7-18/h3-9,14-15,19H,10-13H2,1-2H3,(H,26,28).